The maximum absolute atomic E-state index is 4.17. The van der Waals surface area contributed by atoms with E-state index < -0.39 is 0 Å². The highest BCUT2D eigenvalue weighted by atomic mass is 32.1. The average Bonchev–Trinajstić information content (AvgIpc) is 2.95. The Kier molecular flexibility index (Phi) is 4.23. The monoisotopic (exact) mass is 273 g/mol. The fraction of sp³-hybridized carbons (Fsp3) is 0.400. The zero-order valence-electron chi connectivity index (χ0n) is 11.0. The van der Waals surface area contributed by atoms with Crippen LogP contribution in [-0.2, 0) is 13.0 Å². The molecule has 0 amide bonds. The van der Waals surface area contributed by atoms with Gasteiger partial charge in [0.2, 0.25) is 0 Å². The second-order valence-corrected chi connectivity index (χ2v) is 5.96. The molecule has 1 saturated heterocycles. The summed E-state index contributed by atoms with van der Waals surface area (Å²) < 4.78 is 0. The Balaban J connectivity index is 1.67. The number of rotatable bonds is 4. The molecular weight excluding hydrogens is 254 g/mol. The first-order valence-electron chi connectivity index (χ1n) is 6.78. The molecule has 100 valence electrons. The van der Waals surface area contributed by atoms with Crippen LogP contribution < -0.4 is 5.32 Å². The quantitative estimate of drug-likeness (QED) is 0.925. The average molecular weight is 273 g/mol. The van der Waals surface area contributed by atoms with E-state index in [1.54, 1.807) is 11.3 Å². The zero-order valence-corrected chi connectivity index (χ0v) is 11.8. The Morgan fingerprint density at radius 2 is 2.21 bits per heavy atom. The molecule has 1 aromatic carbocycles. The van der Waals surface area contributed by atoms with Gasteiger partial charge in [-0.3, -0.25) is 9.88 Å². The third kappa shape index (κ3) is 3.41. The first kappa shape index (κ1) is 12.8. The van der Waals surface area contributed by atoms with E-state index in [-0.39, 0.29) is 0 Å². The van der Waals surface area contributed by atoms with Crippen LogP contribution in [-0.4, -0.2) is 35.6 Å². The van der Waals surface area contributed by atoms with Gasteiger partial charge in [-0.05, 0) is 12.0 Å². The molecule has 2 aromatic rings. The van der Waals surface area contributed by atoms with Crippen LogP contribution in [0.4, 0.5) is 0 Å². The molecule has 0 bridgehead atoms. The van der Waals surface area contributed by atoms with Crippen molar-refractivity contribution >= 4 is 11.3 Å². The number of aromatic nitrogens is 1. The van der Waals surface area contributed by atoms with E-state index in [9.17, 15) is 0 Å². The molecule has 3 nitrogen and oxygen atoms in total. The summed E-state index contributed by atoms with van der Waals surface area (Å²) in [6.45, 7) is 4.32. The third-order valence-electron chi connectivity index (χ3n) is 3.63. The SMILES string of the molecule is c1ccc(CC2CNCCN2Cc2cncs2)cc1. The van der Waals surface area contributed by atoms with E-state index in [0.717, 1.165) is 32.6 Å². The highest BCUT2D eigenvalue weighted by molar-refractivity contribution is 7.09. The molecule has 2 heterocycles. The molecule has 0 spiro atoms. The molecule has 0 aliphatic carbocycles. The normalized spacial score (nSPS) is 20.5. The summed E-state index contributed by atoms with van der Waals surface area (Å²) in [4.78, 5) is 8.11. The van der Waals surface area contributed by atoms with Crippen molar-refractivity contribution in [3.8, 4) is 0 Å². The van der Waals surface area contributed by atoms with Gasteiger partial charge >= 0.3 is 0 Å². The van der Waals surface area contributed by atoms with Gasteiger partial charge in [0.15, 0.2) is 0 Å². The number of piperazine rings is 1. The Labute approximate surface area is 118 Å². The van der Waals surface area contributed by atoms with Gasteiger partial charge in [0.25, 0.3) is 0 Å². The number of hydrogen-bond acceptors (Lipinski definition) is 4. The molecule has 4 heteroatoms. The van der Waals surface area contributed by atoms with Crippen LogP contribution in [0.5, 0.6) is 0 Å². The standard InChI is InChI=1S/C15H19N3S/c1-2-4-13(5-3-1)8-14-9-16-6-7-18(14)11-15-10-17-12-19-15/h1-5,10,12,14,16H,6-9,11H2. The van der Waals surface area contributed by atoms with E-state index in [1.807, 2.05) is 11.7 Å². The van der Waals surface area contributed by atoms with E-state index in [1.165, 1.54) is 10.4 Å². The number of nitrogens with one attached hydrogen (secondary N) is 1. The Hall–Kier alpha value is -1.23. The Bertz CT molecular complexity index is 483. The summed E-state index contributed by atoms with van der Waals surface area (Å²) in [6.07, 6.45) is 3.11. The molecule has 1 fully saturated rings. The molecule has 0 radical (unpaired) electrons. The zero-order chi connectivity index (χ0) is 12.9. The van der Waals surface area contributed by atoms with Crippen molar-refractivity contribution in [2.75, 3.05) is 19.6 Å². The summed E-state index contributed by atoms with van der Waals surface area (Å²) in [5.74, 6) is 0. The van der Waals surface area contributed by atoms with Crippen LogP contribution in [0, 0.1) is 0 Å². The van der Waals surface area contributed by atoms with Gasteiger partial charge in [0.05, 0.1) is 5.51 Å². The minimum absolute atomic E-state index is 0.582. The summed E-state index contributed by atoms with van der Waals surface area (Å²) in [6, 6.07) is 11.4. The highest BCUT2D eigenvalue weighted by Crippen LogP contribution is 2.16. The van der Waals surface area contributed by atoms with Crippen LogP contribution in [0.15, 0.2) is 42.0 Å². The number of benzene rings is 1. The summed E-state index contributed by atoms with van der Waals surface area (Å²) in [7, 11) is 0. The van der Waals surface area contributed by atoms with E-state index in [4.69, 9.17) is 0 Å². The van der Waals surface area contributed by atoms with Crippen molar-refractivity contribution in [1.29, 1.82) is 0 Å². The number of nitrogens with zero attached hydrogens (tertiary/aromatic N) is 2. The van der Waals surface area contributed by atoms with Crippen molar-refractivity contribution in [2.45, 2.75) is 19.0 Å². The van der Waals surface area contributed by atoms with Gasteiger partial charge in [-0.1, -0.05) is 30.3 Å². The maximum atomic E-state index is 4.17. The molecule has 1 atom stereocenters. The van der Waals surface area contributed by atoms with Crippen molar-refractivity contribution < 1.29 is 0 Å². The fourth-order valence-electron chi connectivity index (χ4n) is 2.62. The van der Waals surface area contributed by atoms with Crippen LogP contribution in [0.3, 0.4) is 0 Å². The van der Waals surface area contributed by atoms with Gasteiger partial charge in [-0.25, -0.2) is 0 Å². The van der Waals surface area contributed by atoms with Gasteiger partial charge in [0.1, 0.15) is 0 Å². The van der Waals surface area contributed by atoms with Gasteiger partial charge in [-0.2, -0.15) is 0 Å². The molecule has 1 N–H and O–H groups in total. The first-order chi connectivity index (χ1) is 9.42. The molecule has 1 aliphatic rings. The van der Waals surface area contributed by atoms with Crippen molar-refractivity contribution in [3.05, 3.63) is 52.5 Å². The van der Waals surface area contributed by atoms with Gasteiger partial charge in [-0.15, -0.1) is 11.3 Å². The maximum Gasteiger partial charge on any atom is 0.0794 e. The highest BCUT2D eigenvalue weighted by Gasteiger charge is 2.22. The predicted molar refractivity (Wildman–Crippen MR) is 79.3 cm³/mol. The lowest BCUT2D eigenvalue weighted by molar-refractivity contribution is 0.153. The van der Waals surface area contributed by atoms with Crippen LogP contribution in [0.25, 0.3) is 0 Å². The Morgan fingerprint density at radius 3 is 3.00 bits per heavy atom. The van der Waals surface area contributed by atoms with E-state index in [0.29, 0.717) is 6.04 Å². The lowest BCUT2D eigenvalue weighted by Gasteiger charge is -2.36. The van der Waals surface area contributed by atoms with Crippen LogP contribution in [0.2, 0.25) is 0 Å². The van der Waals surface area contributed by atoms with Crippen LogP contribution in [0.1, 0.15) is 10.4 Å². The molecule has 1 aliphatic heterocycles. The summed E-state index contributed by atoms with van der Waals surface area (Å²) >= 11 is 1.75. The predicted octanol–water partition coefficient (Wildman–Crippen LogP) is 2.16. The Morgan fingerprint density at radius 1 is 1.32 bits per heavy atom. The van der Waals surface area contributed by atoms with Crippen molar-refractivity contribution in [3.63, 3.8) is 0 Å². The van der Waals surface area contributed by atoms with Crippen molar-refractivity contribution in [2.24, 2.45) is 0 Å². The summed E-state index contributed by atoms with van der Waals surface area (Å²) in [5, 5.41) is 3.51. The molecule has 1 unspecified atom stereocenters. The largest absolute Gasteiger partial charge is 0.314 e. The summed E-state index contributed by atoms with van der Waals surface area (Å²) in [5.41, 5.74) is 3.34. The lowest BCUT2D eigenvalue weighted by Crippen LogP contribution is -2.51. The van der Waals surface area contributed by atoms with Gasteiger partial charge < -0.3 is 5.32 Å². The third-order valence-corrected chi connectivity index (χ3v) is 4.39. The second-order valence-electron chi connectivity index (χ2n) is 4.99. The van der Waals surface area contributed by atoms with Crippen molar-refractivity contribution in [1.82, 2.24) is 15.2 Å². The second kappa shape index (κ2) is 6.28. The molecule has 0 saturated carbocycles. The molecule has 1 aromatic heterocycles. The van der Waals surface area contributed by atoms with E-state index >= 15 is 0 Å². The number of thiazole rings is 1. The molecule has 3 rings (SSSR count). The number of hydrogen-bond donors (Lipinski definition) is 1. The molecular formula is C15H19N3S. The van der Waals surface area contributed by atoms with E-state index in [2.05, 4.69) is 45.5 Å². The minimum Gasteiger partial charge on any atom is -0.314 e. The smallest absolute Gasteiger partial charge is 0.0794 e. The van der Waals surface area contributed by atoms with Crippen LogP contribution >= 0.6 is 11.3 Å². The lowest BCUT2D eigenvalue weighted by atomic mass is 10.0. The van der Waals surface area contributed by atoms with Gasteiger partial charge in [0, 0.05) is 43.3 Å². The minimum atomic E-state index is 0.582. The fourth-order valence-corrected chi connectivity index (χ4v) is 3.24. The topological polar surface area (TPSA) is 28.2 Å². The first-order valence-corrected chi connectivity index (χ1v) is 7.66. The molecule has 19 heavy (non-hydrogen) atoms.